The van der Waals surface area contributed by atoms with Gasteiger partial charge >= 0.3 is 0 Å². The van der Waals surface area contributed by atoms with Gasteiger partial charge in [-0.05, 0) is 17.9 Å². The van der Waals surface area contributed by atoms with Crippen molar-refractivity contribution in [2.75, 3.05) is 11.1 Å². The topological polar surface area (TPSA) is 63.8 Å². The van der Waals surface area contributed by atoms with Crippen LogP contribution in [0.1, 0.15) is 43.2 Å². The molecule has 1 fully saturated rings. The Morgan fingerprint density at radius 2 is 1.95 bits per heavy atom. The van der Waals surface area contributed by atoms with Crippen molar-refractivity contribution < 1.29 is 0 Å². The maximum Gasteiger partial charge on any atom is 0.135 e. The second kappa shape index (κ2) is 5.12. The first-order valence-corrected chi connectivity index (χ1v) is 7.08. The van der Waals surface area contributed by atoms with E-state index in [1.807, 2.05) is 0 Å². The van der Waals surface area contributed by atoms with Gasteiger partial charge in [0.05, 0.1) is 0 Å². The lowest BCUT2D eigenvalue weighted by atomic mass is 10.0. The molecule has 20 heavy (non-hydrogen) atoms. The van der Waals surface area contributed by atoms with Crippen molar-refractivity contribution in [1.29, 1.82) is 0 Å². The SMILES string of the molecule is CC(C)c1c(N)ncnc1NC1CC1c1ccccc1. The van der Waals surface area contributed by atoms with Crippen LogP contribution in [0.5, 0.6) is 0 Å². The Balaban J connectivity index is 1.76. The lowest BCUT2D eigenvalue weighted by molar-refractivity contribution is 0.847. The summed E-state index contributed by atoms with van der Waals surface area (Å²) in [5.41, 5.74) is 8.38. The van der Waals surface area contributed by atoms with E-state index < -0.39 is 0 Å². The molecule has 2 unspecified atom stereocenters. The zero-order valence-corrected chi connectivity index (χ0v) is 11.9. The number of nitrogens with zero attached hydrogens (tertiary/aromatic N) is 2. The lowest BCUT2D eigenvalue weighted by Gasteiger charge is -2.14. The third kappa shape index (κ3) is 2.46. The van der Waals surface area contributed by atoms with E-state index in [9.17, 15) is 0 Å². The first-order chi connectivity index (χ1) is 9.66. The molecular weight excluding hydrogens is 248 g/mol. The molecule has 4 nitrogen and oxygen atoms in total. The Morgan fingerprint density at radius 1 is 1.20 bits per heavy atom. The molecule has 1 aliphatic carbocycles. The summed E-state index contributed by atoms with van der Waals surface area (Å²) in [7, 11) is 0. The molecule has 2 atom stereocenters. The second-order valence-electron chi connectivity index (χ2n) is 5.68. The van der Waals surface area contributed by atoms with Crippen LogP contribution >= 0.6 is 0 Å². The highest BCUT2D eigenvalue weighted by atomic mass is 15.1. The summed E-state index contributed by atoms with van der Waals surface area (Å²) < 4.78 is 0. The van der Waals surface area contributed by atoms with Gasteiger partial charge in [-0.25, -0.2) is 9.97 Å². The number of benzene rings is 1. The molecule has 0 amide bonds. The number of nitrogens with one attached hydrogen (secondary N) is 1. The zero-order valence-electron chi connectivity index (χ0n) is 11.9. The fraction of sp³-hybridized carbons (Fsp3) is 0.375. The van der Waals surface area contributed by atoms with Crippen molar-refractivity contribution >= 4 is 11.6 Å². The maximum atomic E-state index is 5.97. The minimum absolute atomic E-state index is 0.313. The largest absolute Gasteiger partial charge is 0.383 e. The first kappa shape index (κ1) is 12.9. The first-order valence-electron chi connectivity index (χ1n) is 7.08. The molecule has 0 aliphatic heterocycles. The van der Waals surface area contributed by atoms with E-state index in [2.05, 4.69) is 59.5 Å². The lowest BCUT2D eigenvalue weighted by Crippen LogP contribution is -2.12. The fourth-order valence-electron chi connectivity index (χ4n) is 2.69. The molecule has 4 heteroatoms. The average molecular weight is 268 g/mol. The molecule has 0 saturated heterocycles. The summed E-state index contributed by atoms with van der Waals surface area (Å²) in [5, 5.41) is 3.52. The molecule has 0 bridgehead atoms. The van der Waals surface area contributed by atoms with Crippen LogP contribution in [0.3, 0.4) is 0 Å². The Labute approximate surface area is 119 Å². The minimum atomic E-state index is 0.313. The Hall–Kier alpha value is -2.10. The molecule has 1 aromatic heterocycles. The number of anilines is 2. The highest BCUT2D eigenvalue weighted by Gasteiger charge is 2.39. The number of nitrogens with two attached hydrogens (primary N) is 1. The van der Waals surface area contributed by atoms with Crippen LogP contribution in [0, 0.1) is 0 Å². The van der Waals surface area contributed by atoms with E-state index in [0.29, 0.717) is 23.7 Å². The minimum Gasteiger partial charge on any atom is -0.383 e. The predicted molar refractivity (Wildman–Crippen MR) is 81.7 cm³/mol. The predicted octanol–water partition coefficient (Wildman–Crippen LogP) is 3.15. The maximum absolute atomic E-state index is 5.97. The highest BCUT2D eigenvalue weighted by molar-refractivity contribution is 5.58. The normalized spacial score (nSPS) is 20.9. The summed E-state index contributed by atoms with van der Waals surface area (Å²) in [6.07, 6.45) is 2.68. The van der Waals surface area contributed by atoms with Gasteiger partial charge in [-0.1, -0.05) is 44.2 Å². The summed E-state index contributed by atoms with van der Waals surface area (Å²) in [6, 6.07) is 11.0. The summed E-state index contributed by atoms with van der Waals surface area (Å²) in [4.78, 5) is 8.46. The summed E-state index contributed by atoms with van der Waals surface area (Å²) in [5.74, 6) is 2.35. The summed E-state index contributed by atoms with van der Waals surface area (Å²) >= 11 is 0. The molecule has 1 heterocycles. The van der Waals surface area contributed by atoms with Crippen LogP contribution in [0.15, 0.2) is 36.7 Å². The number of hydrogen-bond donors (Lipinski definition) is 2. The standard InChI is InChI=1S/C16H20N4/c1-10(2)14-15(17)18-9-19-16(14)20-13-8-12(13)11-6-4-3-5-7-11/h3-7,9-10,12-13H,8H2,1-2H3,(H3,17,18,19,20). The van der Waals surface area contributed by atoms with Crippen molar-refractivity contribution in [3.63, 3.8) is 0 Å². The van der Waals surface area contributed by atoms with Crippen molar-refractivity contribution in [2.45, 2.75) is 38.1 Å². The monoisotopic (exact) mass is 268 g/mol. The smallest absolute Gasteiger partial charge is 0.135 e. The van der Waals surface area contributed by atoms with Gasteiger partial charge in [-0.3, -0.25) is 0 Å². The number of hydrogen-bond acceptors (Lipinski definition) is 4. The van der Waals surface area contributed by atoms with Gasteiger partial charge < -0.3 is 11.1 Å². The van der Waals surface area contributed by atoms with Crippen molar-refractivity contribution in [1.82, 2.24) is 9.97 Å². The molecule has 104 valence electrons. The fourth-order valence-corrected chi connectivity index (χ4v) is 2.69. The van der Waals surface area contributed by atoms with Crippen LogP contribution in [0.25, 0.3) is 0 Å². The molecule has 1 saturated carbocycles. The third-order valence-electron chi connectivity index (χ3n) is 3.83. The van der Waals surface area contributed by atoms with Gasteiger partial charge in [0.15, 0.2) is 0 Å². The zero-order chi connectivity index (χ0) is 14.1. The van der Waals surface area contributed by atoms with Crippen LogP contribution < -0.4 is 11.1 Å². The van der Waals surface area contributed by atoms with Crippen LogP contribution in [-0.4, -0.2) is 16.0 Å². The average Bonchev–Trinajstić information content (AvgIpc) is 3.18. The Kier molecular flexibility index (Phi) is 3.30. The number of rotatable bonds is 4. The van der Waals surface area contributed by atoms with E-state index >= 15 is 0 Å². The number of nitrogen functional groups attached to an aromatic ring is 1. The summed E-state index contributed by atoms with van der Waals surface area (Å²) in [6.45, 7) is 4.23. The molecule has 0 spiro atoms. The van der Waals surface area contributed by atoms with Crippen LogP contribution in [-0.2, 0) is 0 Å². The Morgan fingerprint density at radius 3 is 2.65 bits per heavy atom. The van der Waals surface area contributed by atoms with E-state index in [1.165, 1.54) is 11.9 Å². The van der Waals surface area contributed by atoms with E-state index in [1.54, 1.807) is 0 Å². The quantitative estimate of drug-likeness (QED) is 0.894. The van der Waals surface area contributed by atoms with Gasteiger partial charge in [-0.15, -0.1) is 0 Å². The second-order valence-corrected chi connectivity index (χ2v) is 5.68. The highest BCUT2D eigenvalue weighted by Crippen LogP contribution is 2.43. The van der Waals surface area contributed by atoms with E-state index in [4.69, 9.17) is 5.73 Å². The molecule has 3 rings (SSSR count). The van der Waals surface area contributed by atoms with Crippen molar-refractivity contribution in [3.05, 3.63) is 47.8 Å². The van der Waals surface area contributed by atoms with Crippen molar-refractivity contribution in [2.24, 2.45) is 0 Å². The molecule has 0 radical (unpaired) electrons. The Bertz CT molecular complexity index is 595. The van der Waals surface area contributed by atoms with Crippen LogP contribution in [0.4, 0.5) is 11.6 Å². The van der Waals surface area contributed by atoms with Gasteiger partial charge in [0, 0.05) is 17.5 Å². The number of aromatic nitrogens is 2. The molecular formula is C16H20N4. The van der Waals surface area contributed by atoms with E-state index in [0.717, 1.165) is 17.8 Å². The van der Waals surface area contributed by atoms with Crippen LogP contribution in [0.2, 0.25) is 0 Å². The van der Waals surface area contributed by atoms with Gasteiger partial charge in [-0.2, -0.15) is 0 Å². The van der Waals surface area contributed by atoms with Gasteiger partial charge in [0.1, 0.15) is 18.0 Å². The third-order valence-corrected chi connectivity index (χ3v) is 3.83. The molecule has 1 aliphatic rings. The molecule has 3 N–H and O–H groups in total. The van der Waals surface area contributed by atoms with Crippen molar-refractivity contribution in [3.8, 4) is 0 Å². The van der Waals surface area contributed by atoms with E-state index in [-0.39, 0.29) is 0 Å². The molecule has 1 aromatic carbocycles. The molecule has 2 aromatic rings. The van der Waals surface area contributed by atoms with Gasteiger partial charge in [0.25, 0.3) is 0 Å². The van der Waals surface area contributed by atoms with Gasteiger partial charge in [0.2, 0.25) is 0 Å².